The van der Waals surface area contributed by atoms with E-state index in [0.29, 0.717) is 0 Å². The summed E-state index contributed by atoms with van der Waals surface area (Å²) < 4.78 is 0. The van der Waals surface area contributed by atoms with Gasteiger partial charge in [0, 0.05) is 35.0 Å². The van der Waals surface area contributed by atoms with Crippen molar-refractivity contribution in [1.82, 2.24) is 9.97 Å². The lowest BCUT2D eigenvalue weighted by Gasteiger charge is -2.17. The van der Waals surface area contributed by atoms with Crippen molar-refractivity contribution >= 4 is 11.3 Å². The third-order valence-corrected chi connectivity index (χ3v) is 8.81. The van der Waals surface area contributed by atoms with E-state index in [1.807, 2.05) is 24.4 Å². The van der Waals surface area contributed by atoms with Crippen LogP contribution in [-0.2, 0) is 0 Å². The number of nitrogens with zero attached hydrogens (tertiary/aromatic N) is 3. The first-order chi connectivity index (χ1) is 23.8. The molecule has 0 N–H and O–H groups in total. The first kappa shape index (κ1) is 29.2. The Morgan fingerprint density at radius 3 is 1.50 bits per heavy atom. The number of hydrogen-bond acceptors (Lipinski definition) is 3. The monoisotopic (exact) mass is 615 g/mol. The molecule has 0 spiro atoms. The van der Waals surface area contributed by atoms with Crippen LogP contribution < -0.4 is 0 Å². The van der Waals surface area contributed by atoms with E-state index in [2.05, 4.69) is 152 Å². The van der Waals surface area contributed by atoms with Gasteiger partial charge in [0.2, 0.25) is 0 Å². The van der Waals surface area contributed by atoms with Gasteiger partial charge in [-0.1, -0.05) is 121 Å². The van der Waals surface area contributed by atoms with Crippen LogP contribution in [-0.4, -0.2) is 22.2 Å². The fraction of sp³-hybridized carbons (Fsp3) is 0.0444. The van der Waals surface area contributed by atoms with Crippen molar-refractivity contribution in [3.63, 3.8) is 0 Å². The van der Waals surface area contributed by atoms with Gasteiger partial charge in [-0.15, -0.1) is 0 Å². The molecular weight excluding hydrogens is 583 g/mol. The Bertz CT molecular complexity index is 2200. The third kappa shape index (κ3) is 6.27. The maximum Gasteiger partial charge on any atom is 0.0715 e. The van der Waals surface area contributed by atoms with Crippen molar-refractivity contribution in [2.75, 3.05) is 6.54 Å². The van der Waals surface area contributed by atoms with Gasteiger partial charge >= 0.3 is 0 Å². The van der Waals surface area contributed by atoms with Gasteiger partial charge < -0.3 is 0 Å². The molecule has 48 heavy (non-hydrogen) atoms. The molecule has 0 amide bonds. The van der Waals surface area contributed by atoms with Crippen LogP contribution in [0.2, 0.25) is 0 Å². The highest BCUT2D eigenvalue weighted by atomic mass is 14.7. The van der Waals surface area contributed by atoms with E-state index >= 15 is 0 Å². The lowest BCUT2D eigenvalue weighted by atomic mass is 9.91. The van der Waals surface area contributed by atoms with E-state index in [-0.39, 0.29) is 0 Å². The lowest BCUT2D eigenvalue weighted by molar-refractivity contribution is 1.01. The van der Waals surface area contributed by atoms with E-state index in [0.717, 1.165) is 74.7 Å². The van der Waals surface area contributed by atoms with Crippen LogP contribution in [0.3, 0.4) is 0 Å². The molecule has 0 fully saturated rings. The van der Waals surface area contributed by atoms with Crippen molar-refractivity contribution in [2.24, 2.45) is 4.99 Å². The molecule has 5 aromatic carbocycles. The molecule has 2 aromatic heterocycles. The molecule has 0 saturated heterocycles. The fourth-order valence-corrected chi connectivity index (χ4v) is 6.33. The molecule has 0 saturated carbocycles. The Balaban J connectivity index is 1.31. The predicted octanol–water partition coefficient (Wildman–Crippen LogP) is 11.1. The normalized spacial score (nSPS) is 12.7. The number of allylic oxidation sites excluding steroid dienone is 1. The zero-order chi connectivity index (χ0) is 32.1. The summed E-state index contributed by atoms with van der Waals surface area (Å²) in [6.07, 6.45) is 5.09. The first-order valence-electron chi connectivity index (χ1n) is 16.4. The highest BCUT2D eigenvalue weighted by molar-refractivity contribution is 6.14. The van der Waals surface area contributed by atoms with E-state index in [1.54, 1.807) is 0 Å². The quantitative estimate of drug-likeness (QED) is 0.179. The Kier molecular flexibility index (Phi) is 8.08. The molecule has 0 unspecified atom stereocenters. The van der Waals surface area contributed by atoms with E-state index in [1.165, 1.54) is 16.7 Å². The molecule has 0 aliphatic carbocycles. The van der Waals surface area contributed by atoms with Crippen molar-refractivity contribution in [2.45, 2.75) is 6.42 Å². The first-order valence-corrected chi connectivity index (χ1v) is 16.4. The second-order valence-electron chi connectivity index (χ2n) is 12.0. The smallest absolute Gasteiger partial charge is 0.0715 e. The molecule has 0 radical (unpaired) electrons. The Morgan fingerprint density at radius 1 is 0.375 bits per heavy atom. The minimum absolute atomic E-state index is 0.753. The summed E-state index contributed by atoms with van der Waals surface area (Å²) in [5, 5.41) is 0. The van der Waals surface area contributed by atoms with Crippen LogP contribution in [0.25, 0.3) is 61.6 Å². The minimum Gasteiger partial charge on any atom is -0.284 e. The van der Waals surface area contributed by atoms with Crippen LogP contribution in [0.15, 0.2) is 181 Å². The van der Waals surface area contributed by atoms with Crippen LogP contribution in [0.1, 0.15) is 17.5 Å². The molecule has 7 aromatic rings. The van der Waals surface area contributed by atoms with E-state index in [4.69, 9.17) is 15.0 Å². The van der Waals surface area contributed by atoms with Crippen LogP contribution in [0.4, 0.5) is 0 Å². The number of hydrogen-bond donors (Lipinski definition) is 0. The summed E-state index contributed by atoms with van der Waals surface area (Å²) in [4.78, 5) is 15.1. The van der Waals surface area contributed by atoms with Gasteiger partial charge in [-0.3, -0.25) is 9.98 Å². The van der Waals surface area contributed by atoms with Gasteiger partial charge in [-0.25, -0.2) is 4.98 Å². The number of aliphatic imine (C=N–C) groups is 1. The third-order valence-electron chi connectivity index (χ3n) is 8.81. The molecule has 0 bridgehead atoms. The zero-order valence-corrected chi connectivity index (χ0v) is 26.5. The van der Waals surface area contributed by atoms with E-state index in [9.17, 15) is 0 Å². The van der Waals surface area contributed by atoms with Crippen LogP contribution >= 0.6 is 0 Å². The summed E-state index contributed by atoms with van der Waals surface area (Å²) in [6.45, 7) is 0.753. The van der Waals surface area contributed by atoms with Crippen molar-refractivity contribution in [3.8, 4) is 56.0 Å². The average Bonchev–Trinajstić information content (AvgIpc) is 3.19. The molecule has 3 heterocycles. The standard InChI is InChI=1S/C45H33N3/c1-5-13-32(14-6-1)36-21-23-46-42(28-36)40-25-38(26-41(27-40)43-29-37(22-24-47-43)33-15-7-2-8-16-33)39-30-44(34-17-9-3-10-18-34)48-45(31-39)35-19-11-4-12-20-35/h1-21,23,25-31H,22,24H2. The Morgan fingerprint density at radius 2 is 0.875 bits per heavy atom. The largest absolute Gasteiger partial charge is 0.284 e. The molecule has 8 rings (SSSR count). The van der Waals surface area contributed by atoms with Crippen LogP contribution in [0, 0.1) is 0 Å². The maximum absolute atomic E-state index is 5.14. The zero-order valence-electron chi connectivity index (χ0n) is 26.5. The van der Waals surface area contributed by atoms with Gasteiger partial charge in [-0.05, 0) is 88.4 Å². The number of rotatable bonds is 7. The number of benzene rings is 5. The van der Waals surface area contributed by atoms with Gasteiger partial charge in [-0.2, -0.15) is 0 Å². The number of aromatic nitrogens is 2. The summed E-state index contributed by atoms with van der Waals surface area (Å²) in [5.74, 6) is 0. The average molecular weight is 616 g/mol. The molecule has 228 valence electrons. The summed E-state index contributed by atoms with van der Waals surface area (Å²) in [6, 6.07) is 57.3. The molecule has 0 atom stereocenters. The van der Waals surface area contributed by atoms with Crippen LogP contribution in [0.5, 0.6) is 0 Å². The van der Waals surface area contributed by atoms with Gasteiger partial charge in [0.05, 0.1) is 22.8 Å². The fourth-order valence-electron chi connectivity index (χ4n) is 6.33. The van der Waals surface area contributed by atoms with Gasteiger partial charge in [0.25, 0.3) is 0 Å². The second kappa shape index (κ2) is 13.3. The van der Waals surface area contributed by atoms with E-state index < -0.39 is 0 Å². The highest BCUT2D eigenvalue weighted by Gasteiger charge is 2.16. The maximum atomic E-state index is 5.14. The predicted molar refractivity (Wildman–Crippen MR) is 200 cm³/mol. The molecule has 3 nitrogen and oxygen atoms in total. The van der Waals surface area contributed by atoms with Crippen molar-refractivity contribution in [3.05, 3.63) is 187 Å². The number of pyridine rings is 2. The topological polar surface area (TPSA) is 38.1 Å². The summed E-state index contributed by atoms with van der Waals surface area (Å²) in [7, 11) is 0. The minimum atomic E-state index is 0.753. The highest BCUT2D eigenvalue weighted by Crippen LogP contribution is 2.35. The lowest BCUT2D eigenvalue weighted by Crippen LogP contribution is -2.07. The second-order valence-corrected chi connectivity index (χ2v) is 12.0. The van der Waals surface area contributed by atoms with Crippen molar-refractivity contribution in [1.29, 1.82) is 0 Å². The van der Waals surface area contributed by atoms with Gasteiger partial charge in [0.1, 0.15) is 0 Å². The van der Waals surface area contributed by atoms with Gasteiger partial charge in [0.15, 0.2) is 0 Å². The molecular formula is C45H33N3. The Labute approximate surface area is 281 Å². The SMILES string of the molecule is C1=C(c2ccccc2)CCN=C1c1cc(-c2cc(-c3ccccc3)nc(-c3ccccc3)c2)cc(-c2cc(-c3ccccc3)ccn2)c1. The number of dihydropyridines is 1. The Hall–Kier alpha value is -6.19. The molecule has 3 heteroatoms. The summed E-state index contributed by atoms with van der Waals surface area (Å²) >= 11 is 0. The van der Waals surface area contributed by atoms with Crippen molar-refractivity contribution < 1.29 is 0 Å². The molecule has 1 aliphatic rings. The summed E-state index contributed by atoms with van der Waals surface area (Å²) in [5.41, 5.74) is 15.1. The molecule has 1 aliphatic heterocycles.